The number of benzene rings is 2. The van der Waals surface area contributed by atoms with Gasteiger partial charge in [-0.2, -0.15) is 0 Å². The second-order valence-electron chi connectivity index (χ2n) is 14.4. The zero-order chi connectivity index (χ0) is 32.4. The summed E-state index contributed by atoms with van der Waals surface area (Å²) in [5, 5.41) is 1.19. The maximum absolute atomic E-state index is 12.2. The smallest absolute Gasteiger partial charge is 0.292 e. The average Bonchev–Trinajstić information content (AvgIpc) is 2.98. The molecule has 3 nitrogen and oxygen atoms in total. The highest BCUT2D eigenvalue weighted by Gasteiger charge is 2.29. The molecule has 0 unspecified atom stereocenters. The molecule has 0 saturated heterocycles. The van der Waals surface area contributed by atoms with Crippen molar-refractivity contribution in [3.8, 4) is 0 Å². The normalized spacial score (nSPS) is 11.6. The fourth-order valence-electron chi connectivity index (χ4n) is 5.71. The van der Waals surface area contributed by atoms with Crippen LogP contribution >= 0.6 is 0 Å². The Bertz CT molecular complexity index is 923. The molecule has 0 radical (unpaired) electrons. The van der Waals surface area contributed by atoms with Crippen LogP contribution in [0, 0.1) is 0 Å². The Kier molecular flexibility index (Phi) is 23.1. The molecule has 250 valence electrons. The van der Waals surface area contributed by atoms with Gasteiger partial charge in [0.15, 0.2) is 0 Å². The highest BCUT2D eigenvalue weighted by molar-refractivity contribution is 6.85. The molecule has 2 aromatic rings. The van der Waals surface area contributed by atoms with E-state index in [2.05, 4.69) is 83.6 Å². The van der Waals surface area contributed by atoms with Crippen LogP contribution in [0.2, 0.25) is 13.1 Å². The van der Waals surface area contributed by atoms with Crippen molar-refractivity contribution in [2.75, 3.05) is 21.1 Å². The SMILES string of the molecule is CCCCCCCCCCCCCCCCCCCCCC(=O)O[Si](C)(C)c1ccccc1.C[N+](C)(C)Cc1ccccc1. The van der Waals surface area contributed by atoms with E-state index in [4.69, 9.17) is 4.43 Å². The highest BCUT2D eigenvalue weighted by Crippen LogP contribution is 2.15. The molecule has 0 N–H and O–H groups in total. The van der Waals surface area contributed by atoms with Gasteiger partial charge in [-0.1, -0.05) is 183 Å². The number of carbonyl (C=O) groups is 1. The Morgan fingerprint density at radius 3 is 1.32 bits per heavy atom. The number of carbonyl (C=O) groups excluding carboxylic acids is 1. The lowest BCUT2D eigenvalue weighted by Crippen LogP contribution is -2.46. The van der Waals surface area contributed by atoms with Crippen LogP contribution in [-0.2, 0) is 15.8 Å². The van der Waals surface area contributed by atoms with Crippen LogP contribution in [0.1, 0.15) is 141 Å². The number of nitrogens with zero attached hydrogens (tertiary/aromatic N) is 1. The zero-order valence-corrected chi connectivity index (χ0v) is 30.9. The van der Waals surface area contributed by atoms with Gasteiger partial charge in [-0.3, -0.25) is 4.79 Å². The van der Waals surface area contributed by atoms with E-state index in [1.165, 1.54) is 120 Å². The lowest BCUT2D eigenvalue weighted by atomic mass is 10.0. The van der Waals surface area contributed by atoms with E-state index in [-0.39, 0.29) is 5.97 Å². The summed E-state index contributed by atoms with van der Waals surface area (Å²) in [6.07, 6.45) is 26.6. The van der Waals surface area contributed by atoms with Crippen LogP contribution in [0.25, 0.3) is 0 Å². The molecule has 0 heterocycles. The third-order valence-electron chi connectivity index (χ3n) is 8.32. The first-order valence-corrected chi connectivity index (χ1v) is 21.2. The Labute approximate surface area is 274 Å². The van der Waals surface area contributed by atoms with E-state index < -0.39 is 8.32 Å². The number of hydrogen-bond acceptors (Lipinski definition) is 2. The summed E-state index contributed by atoms with van der Waals surface area (Å²) in [6, 6.07) is 20.8. The minimum atomic E-state index is -2.11. The molecule has 44 heavy (non-hydrogen) atoms. The van der Waals surface area contributed by atoms with Crippen molar-refractivity contribution in [1.82, 2.24) is 0 Å². The van der Waals surface area contributed by atoms with Gasteiger partial charge in [-0.25, -0.2) is 0 Å². The van der Waals surface area contributed by atoms with E-state index in [1.54, 1.807) is 0 Å². The molecule has 2 aromatic carbocycles. The van der Waals surface area contributed by atoms with Gasteiger partial charge in [-0.15, -0.1) is 0 Å². The van der Waals surface area contributed by atoms with E-state index in [0.717, 1.165) is 23.9 Å². The Morgan fingerprint density at radius 1 is 0.568 bits per heavy atom. The zero-order valence-electron chi connectivity index (χ0n) is 29.9. The summed E-state index contributed by atoms with van der Waals surface area (Å²) in [7, 11) is 4.50. The average molecular weight is 625 g/mol. The number of unbranched alkanes of at least 4 members (excludes halogenated alkanes) is 18. The Balaban J connectivity index is 0.000000733. The van der Waals surface area contributed by atoms with Gasteiger partial charge >= 0.3 is 0 Å². The van der Waals surface area contributed by atoms with E-state index in [0.29, 0.717) is 6.42 Å². The first-order valence-electron chi connectivity index (χ1n) is 18.3. The molecule has 0 fully saturated rings. The summed E-state index contributed by atoms with van der Waals surface area (Å²) in [5.74, 6) is -0.0116. The van der Waals surface area contributed by atoms with Gasteiger partial charge in [0.2, 0.25) is 0 Å². The summed E-state index contributed by atoms with van der Waals surface area (Å²) in [4.78, 5) is 12.2. The van der Waals surface area contributed by atoms with Crippen molar-refractivity contribution >= 4 is 19.5 Å². The maximum atomic E-state index is 12.2. The molecule has 2 rings (SSSR count). The quantitative estimate of drug-likeness (QED) is 0.0660. The largest absolute Gasteiger partial charge is 0.515 e. The van der Waals surface area contributed by atoms with Crippen molar-refractivity contribution in [2.45, 2.75) is 155 Å². The second-order valence-corrected chi connectivity index (χ2v) is 18.2. The summed E-state index contributed by atoms with van der Waals surface area (Å²) >= 11 is 0. The number of quaternary nitrogens is 1. The first kappa shape index (κ1) is 40.1. The minimum Gasteiger partial charge on any atom is -0.515 e. The number of hydrogen-bond donors (Lipinski definition) is 0. The third kappa shape index (κ3) is 23.5. The molecule has 0 spiro atoms. The van der Waals surface area contributed by atoms with Gasteiger partial charge in [0.05, 0.1) is 21.1 Å². The maximum Gasteiger partial charge on any atom is 0.292 e. The molecule has 0 amide bonds. The molecule has 0 atom stereocenters. The molecule has 4 heteroatoms. The summed E-state index contributed by atoms with van der Waals surface area (Å²) < 4.78 is 6.85. The topological polar surface area (TPSA) is 26.3 Å². The Morgan fingerprint density at radius 2 is 0.932 bits per heavy atom. The van der Waals surface area contributed by atoms with Gasteiger partial charge in [0.25, 0.3) is 14.3 Å². The van der Waals surface area contributed by atoms with Crippen molar-refractivity contribution in [3.05, 3.63) is 66.2 Å². The van der Waals surface area contributed by atoms with E-state index in [9.17, 15) is 4.79 Å². The van der Waals surface area contributed by atoms with Gasteiger partial charge in [-0.05, 0) is 24.7 Å². The Hall–Kier alpha value is -1.91. The molecule has 0 aliphatic heterocycles. The van der Waals surface area contributed by atoms with Crippen LogP contribution in [0.3, 0.4) is 0 Å². The lowest BCUT2D eigenvalue weighted by Gasteiger charge is -2.23. The van der Waals surface area contributed by atoms with E-state index >= 15 is 0 Å². The van der Waals surface area contributed by atoms with Crippen molar-refractivity contribution in [1.29, 1.82) is 0 Å². The van der Waals surface area contributed by atoms with Crippen LogP contribution < -0.4 is 5.19 Å². The predicted molar refractivity (Wildman–Crippen MR) is 196 cm³/mol. The summed E-state index contributed by atoms with van der Waals surface area (Å²) in [5.41, 5.74) is 1.40. The van der Waals surface area contributed by atoms with Crippen LogP contribution in [0.5, 0.6) is 0 Å². The molecular weight excluding hydrogens is 555 g/mol. The molecule has 0 aromatic heterocycles. The number of rotatable bonds is 24. The minimum absolute atomic E-state index is 0.0116. The molecule has 0 aliphatic carbocycles. The molecular formula is C40H70NO2Si+. The van der Waals surface area contributed by atoms with Crippen molar-refractivity contribution in [3.63, 3.8) is 0 Å². The van der Waals surface area contributed by atoms with Crippen molar-refractivity contribution < 1.29 is 13.7 Å². The van der Waals surface area contributed by atoms with E-state index in [1.807, 2.05) is 18.2 Å². The first-order chi connectivity index (χ1) is 21.1. The molecule has 0 aliphatic rings. The van der Waals surface area contributed by atoms with Crippen LogP contribution in [-0.4, -0.2) is 39.9 Å². The fourth-order valence-corrected chi connectivity index (χ4v) is 7.50. The standard InChI is InChI=1S/C30H54O2Si.C10H16N/c1-4-5-6-7-8-9-10-11-12-13-14-15-16-17-18-19-20-21-25-28-30(31)32-33(2,3)29-26-23-22-24-27-29;1-11(2,3)9-10-7-5-4-6-8-10/h22-24,26-27H,4-21,25,28H2,1-3H3;4-8H,9H2,1-3H3/q;+1. The predicted octanol–water partition coefficient (Wildman–Crippen LogP) is 11.4. The van der Waals surface area contributed by atoms with Gasteiger partial charge in [0.1, 0.15) is 6.54 Å². The highest BCUT2D eigenvalue weighted by atomic mass is 28.4. The van der Waals surface area contributed by atoms with Crippen LogP contribution in [0.4, 0.5) is 0 Å². The monoisotopic (exact) mass is 625 g/mol. The van der Waals surface area contributed by atoms with Gasteiger partial charge < -0.3 is 8.91 Å². The fraction of sp³-hybridized carbons (Fsp3) is 0.675. The van der Waals surface area contributed by atoms with Crippen molar-refractivity contribution in [2.24, 2.45) is 0 Å². The van der Waals surface area contributed by atoms with Gasteiger partial charge in [0, 0.05) is 12.0 Å². The lowest BCUT2D eigenvalue weighted by molar-refractivity contribution is -0.884. The van der Waals surface area contributed by atoms with Crippen LogP contribution in [0.15, 0.2) is 60.7 Å². The second kappa shape index (κ2) is 25.3. The summed E-state index contributed by atoms with van der Waals surface area (Å²) in [6.45, 7) is 7.60. The molecule has 0 bridgehead atoms. The molecule has 0 saturated carbocycles. The third-order valence-corrected chi connectivity index (χ3v) is 10.8.